The minimum Gasteiger partial charge on any atom is -0.390 e. The average molecular weight is 415 g/mol. The maximum absolute atomic E-state index is 13.5. The predicted octanol–water partition coefficient (Wildman–Crippen LogP) is 5.04. The Balaban J connectivity index is 1.96. The highest BCUT2D eigenvalue weighted by atomic mass is 32.2. The number of nitrogens with zero attached hydrogens (tertiary/aromatic N) is 2. The molecule has 0 radical (unpaired) electrons. The minimum atomic E-state index is -0.851. The van der Waals surface area contributed by atoms with Crippen molar-refractivity contribution >= 4 is 44.7 Å². The number of benzene rings is 1. The molecule has 1 aromatic carbocycles. The van der Waals surface area contributed by atoms with E-state index < -0.39 is 5.60 Å². The van der Waals surface area contributed by atoms with E-state index in [0.29, 0.717) is 16.3 Å². The lowest BCUT2D eigenvalue weighted by Gasteiger charge is -2.18. The van der Waals surface area contributed by atoms with Crippen molar-refractivity contribution in [3.63, 3.8) is 0 Å². The number of rotatable bonds is 5. The second-order valence-corrected chi connectivity index (χ2v) is 9.53. The molecular weight excluding hydrogens is 396 g/mol. The Hall–Kier alpha value is -1.93. The van der Waals surface area contributed by atoms with Crippen LogP contribution >= 0.6 is 34.4 Å². The molecule has 3 aromatic heterocycles. The average Bonchev–Trinajstić information content (AvgIpc) is 3.29. The molecule has 3 heterocycles. The molecule has 0 saturated heterocycles. The van der Waals surface area contributed by atoms with Crippen molar-refractivity contribution in [2.45, 2.75) is 24.6 Å². The molecule has 1 N–H and O–H groups in total. The first-order valence-corrected chi connectivity index (χ1v) is 11.2. The lowest BCUT2D eigenvalue weighted by Crippen LogP contribution is -2.25. The van der Waals surface area contributed by atoms with E-state index in [9.17, 15) is 9.90 Å². The van der Waals surface area contributed by atoms with Crippen molar-refractivity contribution in [2.24, 2.45) is 0 Å². The Labute approximate surface area is 169 Å². The van der Waals surface area contributed by atoms with E-state index in [-0.39, 0.29) is 5.56 Å². The van der Waals surface area contributed by atoms with Gasteiger partial charge < -0.3 is 5.11 Å². The zero-order chi connectivity index (χ0) is 19.0. The van der Waals surface area contributed by atoms with Gasteiger partial charge >= 0.3 is 0 Å². The van der Waals surface area contributed by atoms with E-state index >= 15 is 0 Å². The molecule has 27 heavy (non-hydrogen) atoms. The second kappa shape index (κ2) is 7.24. The Kier molecular flexibility index (Phi) is 4.94. The van der Waals surface area contributed by atoms with E-state index in [1.807, 2.05) is 53.2 Å². The van der Waals surface area contributed by atoms with Crippen LogP contribution in [0, 0.1) is 0 Å². The first-order chi connectivity index (χ1) is 12.9. The molecule has 0 unspecified atom stereocenters. The van der Waals surface area contributed by atoms with Gasteiger partial charge in [0, 0.05) is 21.6 Å². The van der Waals surface area contributed by atoms with Crippen LogP contribution in [-0.2, 0) is 0 Å². The fourth-order valence-electron chi connectivity index (χ4n) is 2.73. The van der Waals surface area contributed by atoms with E-state index in [2.05, 4.69) is 0 Å². The quantitative estimate of drug-likeness (QED) is 0.367. The van der Waals surface area contributed by atoms with Crippen molar-refractivity contribution in [2.75, 3.05) is 5.75 Å². The monoisotopic (exact) mass is 414 g/mol. The summed E-state index contributed by atoms with van der Waals surface area (Å²) < 4.78 is 1.66. The third kappa shape index (κ3) is 3.73. The molecule has 0 fully saturated rings. The lowest BCUT2D eigenvalue weighted by molar-refractivity contribution is 0.107. The number of fused-ring (bicyclic) bond motifs is 1. The molecule has 0 atom stereocenters. The minimum absolute atomic E-state index is 0.0749. The molecule has 0 amide bonds. The highest BCUT2D eigenvalue weighted by Gasteiger charge is 2.21. The Morgan fingerprint density at radius 3 is 2.59 bits per heavy atom. The van der Waals surface area contributed by atoms with Gasteiger partial charge in [-0.1, -0.05) is 36.0 Å². The number of hydrogen-bond donors (Lipinski definition) is 1. The van der Waals surface area contributed by atoms with Crippen LogP contribution in [0.5, 0.6) is 0 Å². The van der Waals surface area contributed by atoms with E-state index in [1.54, 1.807) is 29.8 Å². The summed E-state index contributed by atoms with van der Waals surface area (Å²) in [6.07, 6.45) is 0. The summed E-state index contributed by atoms with van der Waals surface area (Å²) in [7, 11) is 0. The fraction of sp³-hybridized carbons (Fsp3) is 0.200. The van der Waals surface area contributed by atoms with Crippen LogP contribution in [0.3, 0.4) is 0 Å². The van der Waals surface area contributed by atoms with Crippen molar-refractivity contribution in [1.29, 1.82) is 0 Å². The normalized spacial score (nSPS) is 12.0. The maximum Gasteiger partial charge on any atom is 0.268 e. The third-order valence-electron chi connectivity index (χ3n) is 3.93. The van der Waals surface area contributed by atoms with Gasteiger partial charge in [0.25, 0.3) is 5.56 Å². The summed E-state index contributed by atoms with van der Waals surface area (Å²) in [4.78, 5) is 20.1. The molecule has 0 aliphatic carbocycles. The zero-order valence-corrected chi connectivity index (χ0v) is 17.3. The molecule has 7 heteroatoms. The topological polar surface area (TPSA) is 55.1 Å². The highest BCUT2D eigenvalue weighted by molar-refractivity contribution is 7.99. The molecule has 4 aromatic rings. The SMILES string of the molecule is CC(C)(O)CSc1nc2scc(-c3cccs3)c2c(=O)n1-c1ccccc1. The molecular formula is C20H18N2O2S3. The Morgan fingerprint density at radius 2 is 1.93 bits per heavy atom. The van der Waals surface area contributed by atoms with Gasteiger partial charge in [-0.05, 0) is 37.4 Å². The fourth-order valence-corrected chi connectivity index (χ4v) is 5.49. The summed E-state index contributed by atoms with van der Waals surface area (Å²) >= 11 is 4.50. The molecule has 4 nitrogen and oxygen atoms in total. The van der Waals surface area contributed by atoms with Crippen molar-refractivity contribution in [3.05, 3.63) is 63.6 Å². The van der Waals surface area contributed by atoms with E-state index in [0.717, 1.165) is 21.0 Å². The number of thioether (sulfide) groups is 1. The second-order valence-electron chi connectivity index (χ2n) is 6.78. The van der Waals surface area contributed by atoms with Crippen LogP contribution in [0.15, 0.2) is 63.2 Å². The van der Waals surface area contributed by atoms with Gasteiger partial charge in [0.1, 0.15) is 4.83 Å². The number of hydrogen-bond acceptors (Lipinski definition) is 6. The van der Waals surface area contributed by atoms with Gasteiger partial charge in [-0.25, -0.2) is 4.98 Å². The number of para-hydroxylation sites is 1. The summed E-state index contributed by atoms with van der Waals surface area (Å²) in [5.74, 6) is 0.445. The summed E-state index contributed by atoms with van der Waals surface area (Å²) in [6, 6.07) is 13.6. The molecule has 0 bridgehead atoms. The van der Waals surface area contributed by atoms with E-state index in [4.69, 9.17) is 4.98 Å². The highest BCUT2D eigenvalue weighted by Crippen LogP contribution is 2.35. The summed E-state index contributed by atoms with van der Waals surface area (Å²) in [5, 5.41) is 15.4. The number of aliphatic hydroxyl groups is 1. The van der Waals surface area contributed by atoms with Crippen molar-refractivity contribution in [1.82, 2.24) is 9.55 Å². The van der Waals surface area contributed by atoms with Crippen molar-refractivity contribution < 1.29 is 5.11 Å². The third-order valence-corrected chi connectivity index (χ3v) is 7.09. The molecule has 0 spiro atoms. The van der Waals surface area contributed by atoms with Crippen LogP contribution in [0.2, 0.25) is 0 Å². The zero-order valence-electron chi connectivity index (χ0n) is 14.9. The largest absolute Gasteiger partial charge is 0.390 e. The summed E-state index contributed by atoms with van der Waals surface area (Å²) in [6.45, 7) is 3.51. The lowest BCUT2D eigenvalue weighted by atomic mass is 10.2. The van der Waals surface area contributed by atoms with Crippen LogP contribution in [0.1, 0.15) is 13.8 Å². The first-order valence-electron chi connectivity index (χ1n) is 8.43. The van der Waals surface area contributed by atoms with Crippen LogP contribution in [0.25, 0.3) is 26.3 Å². The molecule has 0 aliphatic rings. The van der Waals surface area contributed by atoms with Gasteiger partial charge in [-0.2, -0.15) is 0 Å². The molecule has 138 valence electrons. The molecule has 0 saturated carbocycles. The molecule has 0 aliphatic heterocycles. The van der Waals surface area contributed by atoms with Crippen LogP contribution in [0.4, 0.5) is 0 Å². The van der Waals surface area contributed by atoms with Gasteiger partial charge in [-0.15, -0.1) is 22.7 Å². The van der Waals surface area contributed by atoms with Crippen LogP contribution < -0.4 is 5.56 Å². The maximum atomic E-state index is 13.5. The first kappa shape index (κ1) is 18.4. The predicted molar refractivity (Wildman–Crippen MR) is 116 cm³/mol. The Bertz CT molecular complexity index is 1120. The smallest absolute Gasteiger partial charge is 0.268 e. The van der Waals surface area contributed by atoms with Gasteiger partial charge in [0.15, 0.2) is 5.16 Å². The van der Waals surface area contributed by atoms with E-state index in [1.165, 1.54) is 23.1 Å². The van der Waals surface area contributed by atoms with Gasteiger partial charge in [-0.3, -0.25) is 9.36 Å². The van der Waals surface area contributed by atoms with Gasteiger partial charge in [0.2, 0.25) is 0 Å². The molecule has 4 rings (SSSR count). The van der Waals surface area contributed by atoms with Crippen LogP contribution in [-0.4, -0.2) is 26.0 Å². The Morgan fingerprint density at radius 1 is 1.15 bits per heavy atom. The number of aromatic nitrogens is 2. The number of thiophene rings is 2. The standard InChI is InChI=1S/C20H18N2O2S3/c1-20(2,24)12-27-19-21-17-16(14(11-26-17)15-9-6-10-25-15)18(23)22(19)13-7-4-3-5-8-13/h3-11,24H,12H2,1-2H3. The van der Waals surface area contributed by atoms with Gasteiger partial charge in [0.05, 0.1) is 16.7 Å². The summed E-state index contributed by atoms with van der Waals surface area (Å²) in [5.41, 5.74) is 0.787. The van der Waals surface area contributed by atoms with Crippen molar-refractivity contribution in [3.8, 4) is 16.1 Å².